The molecule has 2 N–H and O–H groups in total. The van der Waals surface area contributed by atoms with E-state index < -0.39 is 33.2 Å². The fraction of sp³-hybridized carbons (Fsp3) is 0.352. The highest BCUT2D eigenvalue weighted by molar-refractivity contribution is 9.10. The molecule has 0 aromatic heterocycles. The molecule has 0 radical (unpaired) electrons. The molecule has 2 fully saturated rings. The number of amides is 1. The Bertz CT molecular complexity index is 3060. The first-order chi connectivity index (χ1) is 34.6. The van der Waals surface area contributed by atoms with Gasteiger partial charge in [-0.2, -0.15) is 0 Å². The zero-order valence-corrected chi connectivity index (χ0v) is 43.7. The summed E-state index contributed by atoms with van der Waals surface area (Å²) in [6.07, 6.45) is 16.5. The number of Topliss-reactive ketones (excluding diaryl/α,β-unsaturated/α-hetero) is 1. The average Bonchev–Trinajstić information content (AvgIpc) is 3.37. The number of hydrogen-bond donors (Lipinski definition) is 2. The van der Waals surface area contributed by atoms with E-state index >= 15 is 0 Å². The van der Waals surface area contributed by atoms with Crippen LogP contribution in [0, 0.1) is 18.3 Å². The van der Waals surface area contributed by atoms with Crippen LogP contribution in [0.3, 0.4) is 0 Å². The van der Waals surface area contributed by atoms with E-state index in [-0.39, 0.29) is 35.5 Å². The topological polar surface area (TPSA) is 222 Å². The predicted octanol–water partition coefficient (Wildman–Crippen LogP) is 14.1. The Morgan fingerprint density at radius 1 is 0.708 bits per heavy atom. The molecule has 2 aliphatic carbocycles. The van der Waals surface area contributed by atoms with Crippen molar-refractivity contribution in [1.29, 1.82) is 0 Å². The van der Waals surface area contributed by atoms with Crippen LogP contribution in [0.2, 0.25) is 0 Å². The first-order valence-electron chi connectivity index (χ1n) is 24.0. The molecule has 9 rings (SSSR count). The van der Waals surface area contributed by atoms with Crippen molar-refractivity contribution >= 4 is 93.7 Å². The summed E-state index contributed by atoms with van der Waals surface area (Å²) in [5, 5.41) is 17.5. The van der Waals surface area contributed by atoms with Crippen molar-refractivity contribution in [2.75, 3.05) is 22.9 Å². The highest BCUT2D eigenvalue weighted by atomic mass is 79.9. The quantitative estimate of drug-likeness (QED) is 0.0498. The third-order valence-corrected chi connectivity index (χ3v) is 17.0. The molecule has 0 bridgehead atoms. The molecule has 2 spiro atoms. The molecule has 2 saturated carbocycles. The van der Waals surface area contributed by atoms with Crippen LogP contribution in [0.15, 0.2) is 121 Å². The van der Waals surface area contributed by atoms with Crippen LogP contribution in [0.25, 0.3) is 20.9 Å². The van der Waals surface area contributed by atoms with E-state index in [9.17, 15) is 27.9 Å². The number of carboxylic acid groups (broad SMARTS) is 1. The monoisotopic (exact) mass is 1110 g/mol. The molecule has 72 heavy (non-hydrogen) atoms. The van der Waals surface area contributed by atoms with Gasteiger partial charge in [-0.1, -0.05) is 98.7 Å². The van der Waals surface area contributed by atoms with Gasteiger partial charge in [0.1, 0.15) is 5.78 Å². The van der Waals surface area contributed by atoms with Gasteiger partial charge in [-0.05, 0) is 157 Å². The molecule has 370 valence electrons. The minimum absolute atomic E-state index is 0.0275. The van der Waals surface area contributed by atoms with Gasteiger partial charge in [-0.25, -0.2) is 13.1 Å². The summed E-state index contributed by atoms with van der Waals surface area (Å²) < 4.78 is 29.9. The lowest BCUT2D eigenvalue weighted by atomic mass is 9.62. The molecule has 1 atom stereocenters. The largest absolute Gasteiger partial charge is 0.481 e. The normalized spacial score (nSPS) is 16.1. The SMILES string of the molecule is C#Cc1ccc(S(=O)(=O)NC(=O)CCN2c3ccc(N=[N+]=[N-])cc3C3(CCCCC3)c3cc(N=[N+]=[N-])ccc32)cc1.CC(=O)CCC(CN1c2ccc(Br)cc2C2(CCCCC2)c2cc(Br)ccc21)C(=O)O. The third-order valence-electron chi connectivity index (χ3n) is 14.6. The Morgan fingerprint density at radius 2 is 1.17 bits per heavy atom. The number of halogens is 2. The first-order valence-corrected chi connectivity index (χ1v) is 27.1. The average molecular weight is 1120 g/mol. The molecule has 15 nitrogen and oxygen atoms in total. The number of sulfonamides is 1. The number of carboxylic acids is 1. The number of ketones is 1. The number of nitrogens with zero attached hydrogens (tertiary/aromatic N) is 8. The maximum Gasteiger partial charge on any atom is 0.308 e. The van der Waals surface area contributed by atoms with Crippen LogP contribution in [0.5, 0.6) is 0 Å². The standard InChI is InChI=1S/C29H26N8O3S.C25H27Br2NO3/c1-2-20-6-10-23(11-7-20)41(39,40)34-28(38)14-17-37-26-12-8-21(32-35-30)18-24(26)29(15-4-3-5-16-29)25-19-22(33-36-31)9-13-27(25)37;1-16(29)5-6-17(24(30)31)15-28-22-9-7-18(26)13-20(22)25(11-3-2-4-12-25)21-14-19(27)8-10-23(21)28/h1,6-13,18-19H,3-5,14-17H2,(H,34,38);7-10,13-14,17H,2-6,11-12,15H2,1H3,(H,30,31). The number of hydrogen-bond acceptors (Lipinski definition) is 9. The molecule has 0 saturated heterocycles. The Kier molecular flexibility index (Phi) is 15.8. The number of aliphatic carboxylic acids is 1. The van der Waals surface area contributed by atoms with Crippen LogP contribution in [0.1, 0.15) is 118 Å². The second-order valence-corrected chi connectivity index (χ2v) is 22.4. The maximum absolute atomic E-state index is 12.9. The van der Waals surface area contributed by atoms with Crippen molar-refractivity contribution in [2.24, 2.45) is 16.1 Å². The molecule has 18 heteroatoms. The number of azide groups is 2. The highest BCUT2D eigenvalue weighted by Gasteiger charge is 2.46. The van der Waals surface area contributed by atoms with Crippen LogP contribution in [0.4, 0.5) is 34.1 Å². The summed E-state index contributed by atoms with van der Waals surface area (Å²) in [6, 6.07) is 29.5. The van der Waals surface area contributed by atoms with Crippen molar-refractivity contribution in [3.8, 4) is 12.3 Å². The minimum atomic E-state index is -4.08. The zero-order chi connectivity index (χ0) is 51.2. The van der Waals surface area contributed by atoms with E-state index in [1.807, 2.05) is 41.3 Å². The van der Waals surface area contributed by atoms with Crippen LogP contribution < -0.4 is 14.5 Å². The van der Waals surface area contributed by atoms with Crippen LogP contribution >= 0.6 is 31.9 Å². The van der Waals surface area contributed by atoms with E-state index in [0.29, 0.717) is 29.9 Å². The Hall–Kier alpha value is -6.60. The maximum atomic E-state index is 12.9. The molecule has 5 aromatic rings. The van der Waals surface area contributed by atoms with Gasteiger partial charge in [0.15, 0.2) is 0 Å². The van der Waals surface area contributed by atoms with Gasteiger partial charge < -0.3 is 19.7 Å². The lowest BCUT2D eigenvalue weighted by Gasteiger charge is -2.48. The molecule has 4 aliphatic rings. The van der Waals surface area contributed by atoms with E-state index in [2.05, 4.69) is 91.7 Å². The van der Waals surface area contributed by atoms with Gasteiger partial charge in [0.05, 0.1) is 10.8 Å². The van der Waals surface area contributed by atoms with Gasteiger partial charge in [0.25, 0.3) is 10.0 Å². The summed E-state index contributed by atoms with van der Waals surface area (Å²) >= 11 is 7.34. The molecule has 1 amide bonds. The number of carbonyl (C=O) groups excluding carboxylic acids is 2. The second kappa shape index (κ2) is 22.0. The first kappa shape index (κ1) is 51.7. The van der Waals surface area contributed by atoms with Gasteiger partial charge >= 0.3 is 5.97 Å². The van der Waals surface area contributed by atoms with E-state index in [1.165, 1.54) is 61.6 Å². The number of terminal acetylenes is 1. The fourth-order valence-electron chi connectivity index (χ4n) is 11.2. The third kappa shape index (κ3) is 10.6. The molecular weight excluding hydrogens is 1060 g/mol. The van der Waals surface area contributed by atoms with Gasteiger partial charge in [0, 0.05) is 95.2 Å². The van der Waals surface area contributed by atoms with E-state index in [1.54, 1.807) is 12.1 Å². The lowest BCUT2D eigenvalue weighted by molar-refractivity contribution is -0.141. The Morgan fingerprint density at radius 3 is 1.61 bits per heavy atom. The number of rotatable bonds is 13. The number of carbonyl (C=O) groups is 3. The number of nitrogens with one attached hydrogen (secondary N) is 1. The van der Waals surface area contributed by atoms with Crippen LogP contribution in [-0.4, -0.2) is 44.3 Å². The molecule has 1 unspecified atom stereocenters. The van der Waals surface area contributed by atoms with Crippen molar-refractivity contribution in [3.05, 3.63) is 155 Å². The zero-order valence-electron chi connectivity index (χ0n) is 39.7. The highest BCUT2D eigenvalue weighted by Crippen LogP contribution is 2.58. The van der Waals surface area contributed by atoms with Crippen LogP contribution in [-0.2, 0) is 35.2 Å². The predicted molar refractivity (Wildman–Crippen MR) is 286 cm³/mol. The molecule has 2 aliphatic heterocycles. The van der Waals surface area contributed by atoms with Crippen molar-refractivity contribution in [3.63, 3.8) is 0 Å². The van der Waals surface area contributed by atoms with Gasteiger partial charge in [0.2, 0.25) is 5.91 Å². The van der Waals surface area contributed by atoms with E-state index in [0.717, 1.165) is 87.8 Å². The summed E-state index contributed by atoms with van der Waals surface area (Å²) in [5.74, 6) is 0.327. The number of anilines is 4. The molecule has 2 heterocycles. The lowest BCUT2D eigenvalue weighted by Crippen LogP contribution is -2.41. The summed E-state index contributed by atoms with van der Waals surface area (Å²) in [7, 11) is -4.08. The number of fused-ring (bicyclic) bond motifs is 8. The fourth-order valence-corrected chi connectivity index (χ4v) is 13.0. The van der Waals surface area contributed by atoms with Gasteiger partial charge in [-0.3, -0.25) is 9.59 Å². The minimum Gasteiger partial charge on any atom is -0.481 e. The molecule has 5 aromatic carbocycles. The second-order valence-electron chi connectivity index (χ2n) is 18.9. The Labute approximate surface area is 436 Å². The van der Waals surface area contributed by atoms with Crippen molar-refractivity contribution < 1.29 is 27.9 Å². The Balaban J connectivity index is 0.000000200. The summed E-state index contributed by atoms with van der Waals surface area (Å²) in [5.41, 5.74) is 27.6. The van der Waals surface area contributed by atoms with Gasteiger partial charge in [-0.15, -0.1) is 6.42 Å². The van der Waals surface area contributed by atoms with Crippen molar-refractivity contribution in [2.45, 2.75) is 106 Å². The summed E-state index contributed by atoms with van der Waals surface area (Å²) in [4.78, 5) is 46.5. The van der Waals surface area contributed by atoms with E-state index in [4.69, 9.17) is 17.5 Å². The number of benzene rings is 5. The summed E-state index contributed by atoms with van der Waals surface area (Å²) in [6.45, 7) is 2.05. The smallest absolute Gasteiger partial charge is 0.308 e. The van der Waals surface area contributed by atoms with Crippen molar-refractivity contribution in [1.82, 2.24) is 4.72 Å². The molecular formula is C54H53Br2N9O6S.